The van der Waals surface area contributed by atoms with Crippen molar-refractivity contribution < 1.29 is 24.1 Å². The second-order valence-corrected chi connectivity index (χ2v) is 3.82. The van der Waals surface area contributed by atoms with Crippen LogP contribution in [-0.4, -0.2) is 36.7 Å². The standard InChI is InChI=1S/C12H14BNO5/c15-11(6-10(12(16)17)14-8-13-18)19-7-9-4-2-1-3-5-9/h1-5,10,14H,6-8H2,(H,16,17). The maximum absolute atomic E-state index is 11.5. The van der Waals surface area contributed by atoms with Crippen LogP contribution < -0.4 is 5.32 Å². The van der Waals surface area contributed by atoms with E-state index in [1.54, 1.807) is 12.1 Å². The molecule has 1 aromatic rings. The summed E-state index contributed by atoms with van der Waals surface area (Å²) in [4.78, 5) is 22.3. The summed E-state index contributed by atoms with van der Waals surface area (Å²) in [6, 6.07) is 7.95. The monoisotopic (exact) mass is 263 g/mol. The van der Waals surface area contributed by atoms with Crippen LogP contribution in [0.5, 0.6) is 0 Å². The van der Waals surface area contributed by atoms with Crippen molar-refractivity contribution in [2.45, 2.75) is 19.1 Å². The number of esters is 1. The first kappa shape index (κ1) is 15.0. The number of carboxylic acids is 1. The van der Waals surface area contributed by atoms with Crippen LogP contribution in [0, 0.1) is 0 Å². The maximum atomic E-state index is 11.5. The van der Waals surface area contributed by atoms with Gasteiger partial charge in [-0.2, -0.15) is 0 Å². The van der Waals surface area contributed by atoms with Crippen LogP contribution in [0.4, 0.5) is 0 Å². The predicted octanol–water partition coefficient (Wildman–Crippen LogP) is 0.170. The molecule has 19 heavy (non-hydrogen) atoms. The Hall–Kier alpha value is -2.02. The summed E-state index contributed by atoms with van der Waals surface area (Å²) in [5, 5.41) is 11.3. The van der Waals surface area contributed by atoms with E-state index < -0.39 is 18.0 Å². The van der Waals surface area contributed by atoms with Crippen molar-refractivity contribution >= 4 is 19.1 Å². The zero-order valence-corrected chi connectivity index (χ0v) is 10.2. The molecular weight excluding hydrogens is 249 g/mol. The number of rotatable bonds is 8. The molecule has 1 unspecified atom stereocenters. The number of aliphatic carboxylic acids is 1. The van der Waals surface area contributed by atoms with E-state index >= 15 is 0 Å². The van der Waals surface area contributed by atoms with Crippen LogP contribution in [0.2, 0.25) is 0 Å². The van der Waals surface area contributed by atoms with Crippen LogP contribution >= 0.6 is 0 Å². The fourth-order valence-corrected chi connectivity index (χ4v) is 1.40. The van der Waals surface area contributed by atoms with Gasteiger partial charge in [0, 0.05) is 0 Å². The zero-order valence-electron chi connectivity index (χ0n) is 10.2. The molecule has 0 saturated carbocycles. The van der Waals surface area contributed by atoms with Crippen molar-refractivity contribution in [3.05, 3.63) is 35.9 Å². The summed E-state index contributed by atoms with van der Waals surface area (Å²) >= 11 is 0. The van der Waals surface area contributed by atoms with Gasteiger partial charge in [0.05, 0.1) is 0 Å². The Bertz CT molecular complexity index is 437. The molecule has 7 heteroatoms. The third-order valence-corrected chi connectivity index (χ3v) is 2.36. The number of hydrogen-bond acceptors (Lipinski definition) is 5. The van der Waals surface area contributed by atoms with Gasteiger partial charge in [-0.15, -0.1) is 0 Å². The summed E-state index contributed by atoms with van der Waals surface area (Å²) in [5.41, 5.74) is 0.823. The molecule has 1 rings (SSSR count). The topological polar surface area (TPSA) is 92.7 Å². The van der Waals surface area contributed by atoms with E-state index in [2.05, 4.69) is 5.32 Å². The minimum absolute atomic E-state index is 0.0969. The molecule has 6 nitrogen and oxygen atoms in total. The summed E-state index contributed by atoms with van der Waals surface area (Å²) in [6.07, 6.45) is -0.445. The van der Waals surface area contributed by atoms with E-state index in [4.69, 9.17) is 9.84 Å². The third-order valence-electron chi connectivity index (χ3n) is 2.36. The summed E-state index contributed by atoms with van der Waals surface area (Å²) in [7, 11) is 0.533. The van der Waals surface area contributed by atoms with Crippen LogP contribution in [0.25, 0.3) is 0 Å². The summed E-state index contributed by atoms with van der Waals surface area (Å²) in [6.45, 7) is 0.0969. The average Bonchev–Trinajstić information content (AvgIpc) is 2.42. The fourth-order valence-electron chi connectivity index (χ4n) is 1.40. The second kappa shape index (κ2) is 8.15. The Labute approximate surface area is 111 Å². The number of hydrogen-bond donors (Lipinski definition) is 2. The van der Waals surface area contributed by atoms with E-state index in [0.29, 0.717) is 7.15 Å². The molecule has 0 aliphatic carbocycles. The molecule has 0 amide bonds. The van der Waals surface area contributed by atoms with E-state index in [-0.39, 0.29) is 19.5 Å². The second-order valence-electron chi connectivity index (χ2n) is 3.82. The molecule has 0 saturated heterocycles. The summed E-state index contributed by atoms with van der Waals surface area (Å²) < 4.78 is 15.1. The zero-order chi connectivity index (χ0) is 14.1. The quantitative estimate of drug-likeness (QED) is 0.513. The molecular formula is C12H14BNO5. The molecule has 0 aliphatic heterocycles. The Morgan fingerprint density at radius 2 is 2.00 bits per heavy atom. The van der Waals surface area contributed by atoms with Gasteiger partial charge in [0.15, 0.2) is 0 Å². The molecule has 0 aliphatic rings. The molecule has 1 aromatic carbocycles. The van der Waals surface area contributed by atoms with Crippen LogP contribution in [-0.2, 0) is 25.6 Å². The van der Waals surface area contributed by atoms with E-state index in [0.717, 1.165) is 5.56 Å². The number of carbonyl (C=O) groups is 2. The summed E-state index contributed by atoms with van der Waals surface area (Å²) in [5.74, 6) is -1.83. The van der Waals surface area contributed by atoms with Crippen molar-refractivity contribution in [2.24, 2.45) is 0 Å². The Kier molecular flexibility index (Phi) is 6.45. The predicted molar refractivity (Wildman–Crippen MR) is 66.7 cm³/mol. The van der Waals surface area contributed by atoms with Gasteiger partial charge in [-0.1, -0.05) is 0 Å². The van der Waals surface area contributed by atoms with Gasteiger partial charge in [-0.25, -0.2) is 0 Å². The first-order valence-electron chi connectivity index (χ1n) is 5.73. The Morgan fingerprint density at radius 3 is 2.58 bits per heavy atom. The average molecular weight is 263 g/mol. The molecule has 100 valence electrons. The fraction of sp³-hybridized carbons (Fsp3) is 0.333. The molecule has 0 radical (unpaired) electrons. The number of carbonyl (C=O) groups excluding carboxylic acids is 1. The van der Waals surface area contributed by atoms with E-state index in [9.17, 15) is 14.3 Å². The van der Waals surface area contributed by atoms with Gasteiger partial charge in [0.1, 0.15) is 0 Å². The van der Waals surface area contributed by atoms with Gasteiger partial charge in [0.2, 0.25) is 0 Å². The van der Waals surface area contributed by atoms with Crippen LogP contribution in [0.1, 0.15) is 12.0 Å². The van der Waals surface area contributed by atoms with E-state index in [1.807, 2.05) is 18.2 Å². The first-order chi connectivity index (χ1) is 9.13. The minimum atomic E-state index is -1.20. The van der Waals surface area contributed by atoms with Gasteiger partial charge < -0.3 is 0 Å². The van der Waals surface area contributed by atoms with Crippen LogP contribution in [0.15, 0.2) is 30.3 Å². The normalized spacial score (nSPS) is 11.4. The van der Waals surface area contributed by atoms with E-state index in [1.165, 1.54) is 0 Å². The molecule has 2 N–H and O–H groups in total. The van der Waals surface area contributed by atoms with Crippen molar-refractivity contribution in [2.75, 3.05) is 6.44 Å². The van der Waals surface area contributed by atoms with Crippen molar-refractivity contribution in [1.82, 2.24) is 5.32 Å². The van der Waals surface area contributed by atoms with Gasteiger partial charge in [-0.3, -0.25) is 0 Å². The molecule has 0 bridgehead atoms. The Morgan fingerprint density at radius 1 is 1.32 bits per heavy atom. The van der Waals surface area contributed by atoms with Gasteiger partial charge in [0.25, 0.3) is 0 Å². The number of nitrogens with one attached hydrogen (secondary N) is 1. The van der Waals surface area contributed by atoms with Crippen LogP contribution in [0.3, 0.4) is 0 Å². The first-order valence-corrected chi connectivity index (χ1v) is 5.73. The molecule has 0 heterocycles. The number of carboxylic acid groups (broad SMARTS) is 1. The molecule has 1 atom stereocenters. The van der Waals surface area contributed by atoms with Gasteiger partial charge in [-0.05, 0) is 0 Å². The number of ether oxygens (including phenoxy) is 1. The molecule has 0 spiro atoms. The van der Waals surface area contributed by atoms with Gasteiger partial charge >= 0.3 is 110 Å². The van der Waals surface area contributed by atoms with Crippen molar-refractivity contribution in [3.63, 3.8) is 0 Å². The number of benzene rings is 1. The third kappa shape index (κ3) is 5.92. The van der Waals surface area contributed by atoms with Crippen molar-refractivity contribution in [1.29, 1.82) is 0 Å². The SMILES string of the molecule is O=BCNC(CC(=O)OCc1ccccc1)C(=O)O. The molecule has 0 fully saturated rings. The Balaban J connectivity index is 2.40. The van der Waals surface area contributed by atoms with Crippen molar-refractivity contribution in [3.8, 4) is 0 Å². The molecule has 0 aromatic heterocycles.